The van der Waals surface area contributed by atoms with Crippen molar-refractivity contribution >= 4 is 17.4 Å². The van der Waals surface area contributed by atoms with Gasteiger partial charge in [-0.2, -0.15) is 0 Å². The summed E-state index contributed by atoms with van der Waals surface area (Å²) in [5, 5.41) is 9.84. The molecule has 86 valence electrons. The summed E-state index contributed by atoms with van der Waals surface area (Å²) in [5.41, 5.74) is 6.70. The average molecular weight is 238 g/mol. The van der Waals surface area contributed by atoms with Crippen molar-refractivity contribution in [3.63, 3.8) is 0 Å². The molecule has 6 heteroatoms. The van der Waals surface area contributed by atoms with Crippen LogP contribution in [0, 0.1) is 6.92 Å². The van der Waals surface area contributed by atoms with E-state index < -0.39 is 0 Å². The molecular weight excluding hydrogens is 224 g/mol. The second-order valence-electron chi connectivity index (χ2n) is 3.57. The summed E-state index contributed by atoms with van der Waals surface area (Å²) in [6.45, 7) is 3.15. The van der Waals surface area contributed by atoms with Crippen molar-refractivity contribution < 1.29 is 4.42 Å². The molecule has 0 bridgehead atoms. The molecule has 2 heterocycles. The van der Waals surface area contributed by atoms with Gasteiger partial charge < -0.3 is 15.1 Å². The molecule has 2 N–H and O–H groups in total. The van der Waals surface area contributed by atoms with Gasteiger partial charge in [-0.3, -0.25) is 0 Å². The van der Waals surface area contributed by atoms with E-state index in [9.17, 15) is 0 Å². The Labute approximate surface area is 97.9 Å². The number of rotatable bonds is 4. The van der Waals surface area contributed by atoms with Gasteiger partial charge in [0.15, 0.2) is 0 Å². The Hall–Kier alpha value is -1.40. The molecule has 5 nitrogen and oxygen atoms in total. The fourth-order valence-electron chi connectivity index (χ4n) is 1.33. The molecule has 2 aromatic heterocycles. The van der Waals surface area contributed by atoms with Crippen LogP contribution >= 0.6 is 11.3 Å². The molecule has 0 aliphatic heterocycles. The molecule has 0 aliphatic carbocycles. The van der Waals surface area contributed by atoms with Crippen molar-refractivity contribution in [2.45, 2.75) is 20.0 Å². The number of hydrogen-bond donors (Lipinski definition) is 1. The van der Waals surface area contributed by atoms with Gasteiger partial charge in [-0.15, -0.1) is 16.4 Å². The van der Waals surface area contributed by atoms with Crippen LogP contribution in [0.4, 0.5) is 6.01 Å². The van der Waals surface area contributed by atoms with Crippen LogP contribution in [-0.4, -0.2) is 17.2 Å². The van der Waals surface area contributed by atoms with Gasteiger partial charge in [-0.25, -0.2) is 0 Å². The smallest absolute Gasteiger partial charge is 0.318 e. The standard InChI is InChI=1S/C10H14N4OS/c1-7-3-4-16-8(7)6-14(2)10-13-12-9(5-11)15-10/h3-4H,5-6,11H2,1-2H3. The number of nitrogens with two attached hydrogens (primary N) is 1. The van der Waals surface area contributed by atoms with Crippen molar-refractivity contribution in [3.05, 3.63) is 27.8 Å². The first kappa shape index (κ1) is 11.1. The lowest BCUT2D eigenvalue weighted by Crippen LogP contribution is -2.16. The Kier molecular flexibility index (Phi) is 3.21. The van der Waals surface area contributed by atoms with E-state index in [2.05, 4.69) is 28.6 Å². The molecule has 0 amide bonds. The summed E-state index contributed by atoms with van der Waals surface area (Å²) >= 11 is 1.73. The van der Waals surface area contributed by atoms with E-state index in [1.165, 1.54) is 10.4 Å². The van der Waals surface area contributed by atoms with E-state index in [1.807, 2.05) is 11.9 Å². The third-order valence-corrected chi connectivity index (χ3v) is 3.31. The van der Waals surface area contributed by atoms with Crippen LogP contribution in [0.25, 0.3) is 0 Å². The van der Waals surface area contributed by atoms with Crippen LogP contribution < -0.4 is 10.6 Å². The average Bonchev–Trinajstić information content (AvgIpc) is 2.88. The van der Waals surface area contributed by atoms with Gasteiger partial charge in [0.25, 0.3) is 0 Å². The monoisotopic (exact) mass is 238 g/mol. The van der Waals surface area contributed by atoms with E-state index in [4.69, 9.17) is 10.2 Å². The zero-order valence-electron chi connectivity index (χ0n) is 9.30. The molecule has 0 radical (unpaired) electrons. The summed E-state index contributed by atoms with van der Waals surface area (Å²) in [5.74, 6) is 0.463. The number of thiophene rings is 1. The second kappa shape index (κ2) is 4.63. The predicted octanol–water partition coefficient (Wildman–Crippen LogP) is 1.53. The second-order valence-corrected chi connectivity index (χ2v) is 4.57. The maximum Gasteiger partial charge on any atom is 0.318 e. The van der Waals surface area contributed by atoms with Gasteiger partial charge in [0.05, 0.1) is 13.1 Å². The minimum Gasteiger partial charge on any atom is -0.407 e. The molecule has 0 spiro atoms. The van der Waals surface area contributed by atoms with E-state index in [0.29, 0.717) is 11.9 Å². The zero-order valence-corrected chi connectivity index (χ0v) is 10.1. The molecule has 0 fully saturated rings. The quantitative estimate of drug-likeness (QED) is 0.875. The Balaban J connectivity index is 2.08. The van der Waals surface area contributed by atoms with E-state index in [0.717, 1.165) is 6.54 Å². The number of aryl methyl sites for hydroxylation is 1. The predicted molar refractivity (Wildman–Crippen MR) is 63.4 cm³/mol. The van der Waals surface area contributed by atoms with Crippen LogP contribution in [0.3, 0.4) is 0 Å². The fraction of sp³-hybridized carbons (Fsp3) is 0.400. The molecule has 16 heavy (non-hydrogen) atoms. The minimum atomic E-state index is 0.277. The maximum atomic E-state index is 5.41. The van der Waals surface area contributed by atoms with Crippen molar-refractivity contribution in [2.24, 2.45) is 5.73 Å². The molecule has 0 aliphatic rings. The molecule has 2 rings (SSSR count). The number of aromatic nitrogens is 2. The highest BCUT2D eigenvalue weighted by Gasteiger charge is 2.11. The number of hydrogen-bond acceptors (Lipinski definition) is 6. The summed E-state index contributed by atoms with van der Waals surface area (Å²) in [4.78, 5) is 3.22. The normalized spacial score (nSPS) is 10.7. The third-order valence-electron chi connectivity index (χ3n) is 2.31. The van der Waals surface area contributed by atoms with Gasteiger partial charge in [-0.05, 0) is 23.9 Å². The van der Waals surface area contributed by atoms with Crippen molar-refractivity contribution in [1.29, 1.82) is 0 Å². The molecule has 0 unspecified atom stereocenters. The largest absolute Gasteiger partial charge is 0.407 e. The lowest BCUT2D eigenvalue weighted by atomic mass is 10.3. The third kappa shape index (κ3) is 2.23. The van der Waals surface area contributed by atoms with Crippen molar-refractivity contribution in [2.75, 3.05) is 11.9 Å². The first-order valence-corrected chi connectivity index (χ1v) is 5.85. The first-order valence-electron chi connectivity index (χ1n) is 4.97. The summed E-state index contributed by atoms with van der Waals surface area (Å²) in [6, 6.07) is 2.61. The molecular formula is C10H14N4OS. The Morgan fingerprint density at radius 1 is 1.50 bits per heavy atom. The van der Waals surface area contributed by atoms with Crippen LogP contribution in [-0.2, 0) is 13.1 Å². The van der Waals surface area contributed by atoms with Gasteiger partial charge in [-0.1, -0.05) is 5.10 Å². The summed E-state index contributed by atoms with van der Waals surface area (Å²) in [6.07, 6.45) is 0. The van der Waals surface area contributed by atoms with Gasteiger partial charge in [0.1, 0.15) is 0 Å². The lowest BCUT2D eigenvalue weighted by Gasteiger charge is -2.12. The zero-order chi connectivity index (χ0) is 11.5. The SMILES string of the molecule is Cc1ccsc1CN(C)c1nnc(CN)o1. The molecule has 0 aromatic carbocycles. The fourth-order valence-corrected chi connectivity index (χ4v) is 2.29. The number of anilines is 1. The van der Waals surface area contributed by atoms with Gasteiger partial charge in [0, 0.05) is 11.9 Å². The van der Waals surface area contributed by atoms with Crippen LogP contribution in [0.15, 0.2) is 15.9 Å². The lowest BCUT2D eigenvalue weighted by molar-refractivity contribution is 0.491. The van der Waals surface area contributed by atoms with Gasteiger partial charge >= 0.3 is 6.01 Å². The Morgan fingerprint density at radius 3 is 2.88 bits per heavy atom. The summed E-state index contributed by atoms with van der Waals surface area (Å²) in [7, 11) is 1.92. The van der Waals surface area contributed by atoms with E-state index in [1.54, 1.807) is 11.3 Å². The first-order chi connectivity index (χ1) is 7.70. The topological polar surface area (TPSA) is 68.2 Å². The van der Waals surface area contributed by atoms with Gasteiger partial charge in [0.2, 0.25) is 5.89 Å². The highest BCUT2D eigenvalue weighted by molar-refractivity contribution is 7.10. The molecule has 0 saturated carbocycles. The van der Waals surface area contributed by atoms with E-state index >= 15 is 0 Å². The minimum absolute atomic E-state index is 0.277. The Bertz CT molecular complexity index is 465. The van der Waals surface area contributed by atoms with Crippen LogP contribution in [0.5, 0.6) is 0 Å². The Morgan fingerprint density at radius 2 is 2.31 bits per heavy atom. The highest BCUT2D eigenvalue weighted by Crippen LogP contribution is 2.20. The van der Waals surface area contributed by atoms with Crippen molar-refractivity contribution in [3.8, 4) is 0 Å². The van der Waals surface area contributed by atoms with Crippen LogP contribution in [0.1, 0.15) is 16.3 Å². The van der Waals surface area contributed by atoms with Crippen LogP contribution in [0.2, 0.25) is 0 Å². The molecule has 0 saturated heterocycles. The molecule has 2 aromatic rings. The summed E-state index contributed by atoms with van der Waals surface area (Å²) < 4.78 is 5.37. The highest BCUT2D eigenvalue weighted by atomic mass is 32.1. The molecule has 0 atom stereocenters. The van der Waals surface area contributed by atoms with E-state index in [-0.39, 0.29) is 6.54 Å². The maximum absolute atomic E-state index is 5.41. The number of nitrogens with zero attached hydrogens (tertiary/aromatic N) is 3. The van der Waals surface area contributed by atoms with Crippen molar-refractivity contribution in [1.82, 2.24) is 10.2 Å².